The van der Waals surface area contributed by atoms with Crippen molar-refractivity contribution in [1.29, 1.82) is 0 Å². The summed E-state index contributed by atoms with van der Waals surface area (Å²) < 4.78 is 1.00. The number of nitrogens with one attached hydrogen (secondary N) is 1. The summed E-state index contributed by atoms with van der Waals surface area (Å²) in [6.07, 6.45) is 1.94. The fourth-order valence-electron chi connectivity index (χ4n) is 2.51. The average Bonchev–Trinajstić information content (AvgIpc) is 2.86. The molecule has 0 spiro atoms. The van der Waals surface area contributed by atoms with Crippen LogP contribution in [0.2, 0.25) is 0 Å². The lowest BCUT2D eigenvalue weighted by atomic mass is 10.1. The number of carbonyl (C=O) groups is 1. The van der Waals surface area contributed by atoms with Crippen LogP contribution in [0.1, 0.15) is 18.4 Å². The Morgan fingerprint density at radius 1 is 1.61 bits per heavy atom. The van der Waals surface area contributed by atoms with Gasteiger partial charge in [-0.05, 0) is 25.0 Å². The Balaban J connectivity index is 2.36. The zero-order chi connectivity index (χ0) is 13.1. The van der Waals surface area contributed by atoms with E-state index in [-0.39, 0.29) is 11.9 Å². The number of likely N-dealkylation sites (N-methyl/N-ethyl adjacent to an activating group) is 1. The second-order valence-electron chi connectivity index (χ2n) is 4.41. The molecule has 2 rings (SSSR count). The SMILES string of the molecule is CNC(=O)C1CCCN1c1cccc(Br)c1CN. The highest BCUT2D eigenvalue weighted by molar-refractivity contribution is 9.10. The van der Waals surface area contributed by atoms with Crippen molar-refractivity contribution in [2.45, 2.75) is 25.4 Å². The molecule has 1 aliphatic heterocycles. The van der Waals surface area contributed by atoms with Crippen LogP contribution in [-0.4, -0.2) is 25.5 Å². The molecule has 98 valence electrons. The highest BCUT2D eigenvalue weighted by atomic mass is 79.9. The van der Waals surface area contributed by atoms with Crippen LogP contribution in [0.25, 0.3) is 0 Å². The molecule has 1 saturated heterocycles. The number of amides is 1. The van der Waals surface area contributed by atoms with Gasteiger partial charge >= 0.3 is 0 Å². The first-order valence-corrected chi connectivity index (χ1v) is 6.94. The fourth-order valence-corrected chi connectivity index (χ4v) is 3.03. The molecule has 1 atom stereocenters. The second-order valence-corrected chi connectivity index (χ2v) is 5.26. The minimum absolute atomic E-state index is 0.0744. The molecule has 1 heterocycles. The van der Waals surface area contributed by atoms with Crippen molar-refractivity contribution < 1.29 is 4.79 Å². The minimum atomic E-state index is -0.0744. The van der Waals surface area contributed by atoms with E-state index >= 15 is 0 Å². The molecule has 0 saturated carbocycles. The maximum Gasteiger partial charge on any atom is 0.242 e. The zero-order valence-electron chi connectivity index (χ0n) is 10.4. The molecule has 0 radical (unpaired) electrons. The lowest BCUT2D eigenvalue weighted by Gasteiger charge is -2.28. The van der Waals surface area contributed by atoms with Gasteiger partial charge in [0.2, 0.25) is 5.91 Å². The number of carbonyl (C=O) groups excluding carboxylic acids is 1. The van der Waals surface area contributed by atoms with Gasteiger partial charge in [0.05, 0.1) is 0 Å². The Kier molecular flexibility index (Phi) is 4.24. The van der Waals surface area contributed by atoms with Crippen LogP contribution >= 0.6 is 15.9 Å². The molecule has 3 N–H and O–H groups in total. The Hall–Kier alpha value is -1.07. The van der Waals surface area contributed by atoms with E-state index in [9.17, 15) is 4.79 Å². The van der Waals surface area contributed by atoms with Crippen LogP contribution in [0, 0.1) is 0 Å². The monoisotopic (exact) mass is 311 g/mol. The van der Waals surface area contributed by atoms with Crippen LogP contribution in [0.3, 0.4) is 0 Å². The molecule has 1 aromatic rings. The largest absolute Gasteiger partial charge is 0.359 e. The van der Waals surface area contributed by atoms with Gasteiger partial charge in [0.25, 0.3) is 0 Å². The van der Waals surface area contributed by atoms with Gasteiger partial charge in [-0.15, -0.1) is 0 Å². The van der Waals surface area contributed by atoms with Gasteiger partial charge < -0.3 is 16.0 Å². The van der Waals surface area contributed by atoms with Gasteiger partial charge in [0.1, 0.15) is 6.04 Å². The van der Waals surface area contributed by atoms with Crippen LogP contribution in [0.15, 0.2) is 22.7 Å². The van der Waals surface area contributed by atoms with Gasteiger partial charge in [0.15, 0.2) is 0 Å². The third-order valence-corrected chi connectivity index (χ3v) is 4.15. The molecule has 1 fully saturated rings. The number of benzene rings is 1. The Bertz CT molecular complexity index is 450. The van der Waals surface area contributed by atoms with Crippen LogP contribution in [0.5, 0.6) is 0 Å². The molecule has 0 aromatic heterocycles. The van der Waals surface area contributed by atoms with Crippen molar-refractivity contribution in [2.24, 2.45) is 5.73 Å². The first kappa shape index (κ1) is 13.4. The summed E-state index contributed by atoms with van der Waals surface area (Å²) in [5.74, 6) is 0.0791. The molecule has 1 aliphatic rings. The predicted octanol–water partition coefficient (Wildman–Crippen LogP) is 1.62. The number of nitrogens with zero attached hydrogens (tertiary/aromatic N) is 1. The minimum Gasteiger partial charge on any atom is -0.359 e. The van der Waals surface area contributed by atoms with Gasteiger partial charge in [0, 0.05) is 35.9 Å². The molecular formula is C13H18BrN3O. The van der Waals surface area contributed by atoms with E-state index < -0.39 is 0 Å². The molecule has 0 aliphatic carbocycles. The number of anilines is 1. The second kappa shape index (κ2) is 5.71. The normalized spacial score (nSPS) is 19.1. The van der Waals surface area contributed by atoms with Gasteiger partial charge in [-0.2, -0.15) is 0 Å². The maximum atomic E-state index is 11.9. The van der Waals surface area contributed by atoms with E-state index in [1.807, 2.05) is 18.2 Å². The van der Waals surface area contributed by atoms with Crippen molar-refractivity contribution in [3.05, 3.63) is 28.2 Å². The predicted molar refractivity (Wildman–Crippen MR) is 76.5 cm³/mol. The van der Waals surface area contributed by atoms with Crippen LogP contribution in [0.4, 0.5) is 5.69 Å². The summed E-state index contributed by atoms with van der Waals surface area (Å²) in [5, 5.41) is 2.74. The Morgan fingerprint density at radius 3 is 3.06 bits per heavy atom. The number of hydrogen-bond acceptors (Lipinski definition) is 3. The van der Waals surface area contributed by atoms with E-state index in [2.05, 4.69) is 26.1 Å². The summed E-state index contributed by atoms with van der Waals surface area (Å²) in [6.45, 7) is 1.37. The number of halogens is 1. The lowest BCUT2D eigenvalue weighted by Crippen LogP contribution is -2.42. The van der Waals surface area contributed by atoms with Crippen molar-refractivity contribution in [3.8, 4) is 0 Å². The molecule has 0 bridgehead atoms. The van der Waals surface area contributed by atoms with Crippen molar-refractivity contribution >= 4 is 27.5 Å². The van der Waals surface area contributed by atoms with Crippen molar-refractivity contribution in [1.82, 2.24) is 5.32 Å². The average molecular weight is 312 g/mol. The number of nitrogens with two attached hydrogens (primary N) is 1. The van der Waals surface area contributed by atoms with E-state index in [0.717, 1.165) is 35.1 Å². The number of rotatable bonds is 3. The Morgan fingerprint density at radius 2 is 2.39 bits per heavy atom. The highest BCUT2D eigenvalue weighted by Crippen LogP contribution is 2.32. The van der Waals surface area contributed by atoms with E-state index in [1.54, 1.807) is 7.05 Å². The third-order valence-electron chi connectivity index (χ3n) is 3.41. The zero-order valence-corrected chi connectivity index (χ0v) is 12.0. The third kappa shape index (κ3) is 2.37. The molecule has 5 heteroatoms. The summed E-state index contributed by atoms with van der Waals surface area (Å²) in [4.78, 5) is 14.0. The van der Waals surface area contributed by atoms with E-state index in [0.29, 0.717) is 6.54 Å². The fraction of sp³-hybridized carbons (Fsp3) is 0.462. The highest BCUT2D eigenvalue weighted by Gasteiger charge is 2.31. The van der Waals surface area contributed by atoms with Crippen molar-refractivity contribution in [3.63, 3.8) is 0 Å². The standard InChI is InChI=1S/C13H18BrN3O/c1-16-13(18)12-6-3-7-17(12)11-5-2-4-10(14)9(11)8-15/h2,4-5,12H,3,6-8,15H2,1H3,(H,16,18). The summed E-state index contributed by atoms with van der Waals surface area (Å²) in [6, 6.07) is 5.93. The molecular weight excluding hydrogens is 294 g/mol. The quantitative estimate of drug-likeness (QED) is 0.892. The topological polar surface area (TPSA) is 58.4 Å². The summed E-state index contributed by atoms with van der Waals surface area (Å²) in [5.41, 5.74) is 7.95. The van der Waals surface area contributed by atoms with Crippen LogP contribution < -0.4 is 16.0 Å². The van der Waals surface area contributed by atoms with E-state index in [1.165, 1.54) is 0 Å². The van der Waals surface area contributed by atoms with Gasteiger partial charge in [-0.25, -0.2) is 0 Å². The first-order valence-electron chi connectivity index (χ1n) is 6.14. The summed E-state index contributed by atoms with van der Waals surface area (Å²) >= 11 is 3.52. The number of hydrogen-bond donors (Lipinski definition) is 2. The Labute approximate surface area is 116 Å². The van der Waals surface area contributed by atoms with Crippen molar-refractivity contribution in [2.75, 3.05) is 18.5 Å². The molecule has 18 heavy (non-hydrogen) atoms. The first-order chi connectivity index (χ1) is 8.69. The molecule has 1 amide bonds. The van der Waals surface area contributed by atoms with Gasteiger partial charge in [-0.1, -0.05) is 22.0 Å². The maximum absolute atomic E-state index is 11.9. The van der Waals surface area contributed by atoms with Gasteiger partial charge in [-0.3, -0.25) is 4.79 Å². The van der Waals surface area contributed by atoms with Crippen LogP contribution in [-0.2, 0) is 11.3 Å². The smallest absolute Gasteiger partial charge is 0.242 e. The lowest BCUT2D eigenvalue weighted by molar-refractivity contribution is -0.121. The van der Waals surface area contributed by atoms with E-state index in [4.69, 9.17) is 5.73 Å². The molecule has 1 aromatic carbocycles. The summed E-state index contributed by atoms with van der Waals surface area (Å²) in [7, 11) is 1.68. The molecule has 4 nitrogen and oxygen atoms in total. The molecule has 1 unspecified atom stereocenters.